The number of halogens is 2. The zero-order valence-corrected chi connectivity index (χ0v) is 13.9. The molecule has 1 aromatic carbocycles. The van der Waals surface area contributed by atoms with Crippen molar-refractivity contribution in [1.82, 2.24) is 14.5 Å². The van der Waals surface area contributed by atoms with Crippen molar-refractivity contribution in [3.63, 3.8) is 0 Å². The predicted molar refractivity (Wildman–Crippen MR) is 85.3 cm³/mol. The fourth-order valence-electron chi connectivity index (χ4n) is 2.25. The van der Waals surface area contributed by atoms with Crippen molar-refractivity contribution in [3.05, 3.63) is 51.5 Å². The molecule has 3 rings (SSSR count). The molecule has 1 aromatic heterocycles. The van der Waals surface area contributed by atoms with Crippen LogP contribution in [0.2, 0.25) is 5.02 Å². The van der Waals surface area contributed by atoms with Crippen LogP contribution in [0.3, 0.4) is 0 Å². The standard InChI is InChI=1S/C15H15BrClN3O/c1-19-7-6-18-14(19)9-20(11-3-4-11)15(21)10-2-5-13(17)12(16)8-10/h2,5-8,11H,3-4,9H2,1H3. The van der Waals surface area contributed by atoms with Crippen LogP contribution in [0.4, 0.5) is 0 Å². The van der Waals surface area contributed by atoms with Gasteiger partial charge in [0.15, 0.2) is 0 Å². The van der Waals surface area contributed by atoms with Gasteiger partial charge >= 0.3 is 0 Å². The Labute approximate surface area is 136 Å². The Morgan fingerprint density at radius 1 is 1.52 bits per heavy atom. The molecule has 1 aliphatic rings. The molecule has 6 heteroatoms. The third kappa shape index (κ3) is 3.14. The van der Waals surface area contributed by atoms with Crippen LogP contribution in [0, 0.1) is 0 Å². The Hall–Kier alpha value is -1.33. The van der Waals surface area contributed by atoms with Gasteiger partial charge in [0.1, 0.15) is 5.82 Å². The maximum absolute atomic E-state index is 12.8. The number of amides is 1. The number of hydrogen-bond donors (Lipinski definition) is 0. The van der Waals surface area contributed by atoms with Crippen molar-refractivity contribution >= 4 is 33.4 Å². The average Bonchev–Trinajstić information content (AvgIpc) is 3.22. The summed E-state index contributed by atoms with van der Waals surface area (Å²) in [5.41, 5.74) is 0.646. The van der Waals surface area contributed by atoms with Gasteiger partial charge in [-0.05, 0) is 47.0 Å². The Morgan fingerprint density at radius 2 is 2.29 bits per heavy atom. The first-order chi connectivity index (χ1) is 10.1. The summed E-state index contributed by atoms with van der Waals surface area (Å²) in [6, 6.07) is 5.61. The third-order valence-electron chi connectivity index (χ3n) is 3.65. The molecular formula is C15H15BrClN3O. The van der Waals surface area contributed by atoms with Crippen molar-refractivity contribution in [1.29, 1.82) is 0 Å². The second-order valence-corrected chi connectivity index (χ2v) is 6.51. The highest BCUT2D eigenvalue weighted by Crippen LogP contribution is 2.31. The minimum absolute atomic E-state index is 0.0258. The Balaban J connectivity index is 1.85. The monoisotopic (exact) mass is 367 g/mol. The van der Waals surface area contributed by atoms with Crippen LogP contribution in [0.5, 0.6) is 0 Å². The molecule has 0 saturated heterocycles. The van der Waals surface area contributed by atoms with E-state index in [9.17, 15) is 4.79 Å². The van der Waals surface area contributed by atoms with Crippen LogP contribution < -0.4 is 0 Å². The first-order valence-electron chi connectivity index (χ1n) is 6.78. The van der Waals surface area contributed by atoms with E-state index in [1.165, 1.54) is 0 Å². The molecule has 1 heterocycles. The zero-order valence-electron chi connectivity index (χ0n) is 11.6. The van der Waals surface area contributed by atoms with E-state index >= 15 is 0 Å². The summed E-state index contributed by atoms with van der Waals surface area (Å²) in [5.74, 6) is 0.918. The maximum Gasteiger partial charge on any atom is 0.254 e. The van der Waals surface area contributed by atoms with Crippen molar-refractivity contribution in [2.75, 3.05) is 0 Å². The molecule has 110 valence electrons. The lowest BCUT2D eigenvalue weighted by Crippen LogP contribution is -2.33. The number of aryl methyl sites for hydroxylation is 1. The van der Waals surface area contributed by atoms with Crippen LogP contribution in [0.25, 0.3) is 0 Å². The van der Waals surface area contributed by atoms with Gasteiger partial charge in [-0.25, -0.2) is 4.98 Å². The molecule has 1 saturated carbocycles. The smallest absolute Gasteiger partial charge is 0.254 e. The molecule has 4 nitrogen and oxygen atoms in total. The number of aromatic nitrogens is 2. The van der Waals surface area contributed by atoms with Gasteiger partial charge in [-0.1, -0.05) is 11.6 Å². The lowest BCUT2D eigenvalue weighted by molar-refractivity contribution is 0.0724. The second kappa shape index (κ2) is 5.81. The summed E-state index contributed by atoms with van der Waals surface area (Å²) in [6.07, 6.45) is 5.77. The molecule has 0 bridgehead atoms. The average molecular weight is 369 g/mol. The maximum atomic E-state index is 12.8. The summed E-state index contributed by atoms with van der Waals surface area (Å²) in [4.78, 5) is 19.0. The number of hydrogen-bond acceptors (Lipinski definition) is 2. The van der Waals surface area contributed by atoms with Gasteiger partial charge in [0.05, 0.1) is 11.6 Å². The van der Waals surface area contributed by atoms with Gasteiger partial charge < -0.3 is 9.47 Å². The van der Waals surface area contributed by atoms with Crippen LogP contribution >= 0.6 is 27.5 Å². The lowest BCUT2D eigenvalue weighted by atomic mass is 10.2. The van der Waals surface area contributed by atoms with Gasteiger partial charge in [0.2, 0.25) is 0 Å². The zero-order chi connectivity index (χ0) is 15.0. The van der Waals surface area contributed by atoms with Gasteiger partial charge in [-0.15, -0.1) is 0 Å². The quantitative estimate of drug-likeness (QED) is 0.826. The molecule has 1 fully saturated rings. The summed E-state index contributed by atoms with van der Waals surface area (Å²) < 4.78 is 2.68. The normalized spacial score (nSPS) is 14.2. The number of benzene rings is 1. The first kappa shape index (κ1) is 14.6. The molecule has 1 amide bonds. The topological polar surface area (TPSA) is 38.1 Å². The van der Waals surface area contributed by atoms with E-state index in [4.69, 9.17) is 11.6 Å². The highest BCUT2D eigenvalue weighted by atomic mass is 79.9. The molecule has 0 unspecified atom stereocenters. The van der Waals surface area contributed by atoms with Crippen molar-refractivity contribution in [2.24, 2.45) is 7.05 Å². The Kier molecular flexibility index (Phi) is 4.04. The second-order valence-electron chi connectivity index (χ2n) is 5.25. The van der Waals surface area contributed by atoms with Crippen molar-refractivity contribution in [2.45, 2.75) is 25.4 Å². The number of carbonyl (C=O) groups excluding carboxylic acids is 1. The molecule has 0 atom stereocenters. The van der Waals surface area contributed by atoms with Gasteiger partial charge in [0, 0.05) is 35.5 Å². The number of nitrogens with zero attached hydrogens (tertiary/aromatic N) is 3. The van der Waals surface area contributed by atoms with Crippen LogP contribution in [0.1, 0.15) is 29.0 Å². The molecule has 0 radical (unpaired) electrons. The van der Waals surface area contributed by atoms with E-state index in [0.717, 1.165) is 23.1 Å². The summed E-state index contributed by atoms with van der Waals surface area (Å²) in [5, 5.41) is 0.605. The molecule has 1 aliphatic carbocycles. The Bertz CT molecular complexity index is 681. The van der Waals surface area contributed by atoms with Gasteiger partial charge in [0.25, 0.3) is 5.91 Å². The van der Waals surface area contributed by atoms with Crippen LogP contribution in [-0.2, 0) is 13.6 Å². The Morgan fingerprint density at radius 3 is 2.86 bits per heavy atom. The van der Waals surface area contributed by atoms with Crippen LogP contribution in [-0.4, -0.2) is 26.4 Å². The molecule has 0 spiro atoms. The lowest BCUT2D eigenvalue weighted by Gasteiger charge is -2.22. The SMILES string of the molecule is Cn1ccnc1CN(C(=O)c1ccc(Cl)c(Br)c1)C1CC1. The number of carbonyl (C=O) groups is 1. The fourth-order valence-corrected chi connectivity index (χ4v) is 2.75. The third-order valence-corrected chi connectivity index (χ3v) is 4.86. The van der Waals surface area contributed by atoms with Crippen molar-refractivity contribution < 1.29 is 4.79 Å². The minimum atomic E-state index is 0.0258. The van der Waals surface area contributed by atoms with Gasteiger partial charge in [-0.3, -0.25) is 4.79 Å². The highest BCUT2D eigenvalue weighted by Gasteiger charge is 2.33. The van der Waals surface area contributed by atoms with Crippen LogP contribution in [0.15, 0.2) is 35.1 Å². The van der Waals surface area contributed by atoms with Gasteiger partial charge in [-0.2, -0.15) is 0 Å². The summed E-state index contributed by atoms with van der Waals surface area (Å²) in [6.45, 7) is 0.535. The molecular weight excluding hydrogens is 354 g/mol. The van der Waals surface area contributed by atoms with E-state index in [-0.39, 0.29) is 5.91 Å². The number of imidazole rings is 1. The van der Waals surface area contributed by atoms with E-state index in [1.807, 2.05) is 22.7 Å². The van der Waals surface area contributed by atoms with E-state index in [1.54, 1.807) is 24.4 Å². The summed E-state index contributed by atoms with van der Waals surface area (Å²) >= 11 is 9.36. The van der Waals surface area contributed by atoms with E-state index in [0.29, 0.717) is 23.2 Å². The number of rotatable bonds is 4. The highest BCUT2D eigenvalue weighted by molar-refractivity contribution is 9.10. The first-order valence-corrected chi connectivity index (χ1v) is 7.95. The summed E-state index contributed by atoms with van der Waals surface area (Å²) in [7, 11) is 1.94. The van der Waals surface area contributed by atoms with Crippen molar-refractivity contribution in [3.8, 4) is 0 Å². The molecule has 0 aliphatic heterocycles. The fraction of sp³-hybridized carbons (Fsp3) is 0.333. The van der Waals surface area contributed by atoms with E-state index < -0.39 is 0 Å². The molecule has 0 N–H and O–H groups in total. The molecule has 2 aromatic rings. The molecule has 21 heavy (non-hydrogen) atoms. The minimum Gasteiger partial charge on any atom is -0.337 e. The van der Waals surface area contributed by atoms with E-state index in [2.05, 4.69) is 20.9 Å². The predicted octanol–water partition coefficient (Wildman–Crippen LogP) is 3.64. The largest absolute Gasteiger partial charge is 0.337 e.